The van der Waals surface area contributed by atoms with E-state index in [0.717, 1.165) is 60.9 Å². The molecule has 0 aliphatic heterocycles. The van der Waals surface area contributed by atoms with Gasteiger partial charge < -0.3 is 20.9 Å². The number of nitrogens with one attached hydrogen (secondary N) is 3. The molecule has 4 rings (SSSR count). The zero-order chi connectivity index (χ0) is 22.5. The zero-order valence-electron chi connectivity index (χ0n) is 19.0. The molecule has 1 fully saturated rings. The average Bonchev–Trinajstić information content (AvgIpc) is 2.79. The summed E-state index contributed by atoms with van der Waals surface area (Å²) < 4.78 is 0. The summed E-state index contributed by atoms with van der Waals surface area (Å²) in [7, 11) is 4.14. The number of thiocarbonyl (C=S) groups is 1. The van der Waals surface area contributed by atoms with Gasteiger partial charge in [-0.3, -0.25) is 0 Å². The van der Waals surface area contributed by atoms with Gasteiger partial charge in [0, 0.05) is 43.3 Å². The summed E-state index contributed by atoms with van der Waals surface area (Å²) in [4.78, 5) is 11.8. The number of hydrogen-bond acceptors (Lipinski definition) is 5. The molecule has 0 amide bonds. The first-order chi connectivity index (χ1) is 15.5. The standard InChI is InChI=1S/C24H33ClN6S/c1-31(2)22-19-8-4-6-10-21(19)29-23(30-22)27-17-11-13-18(14-12-17)28-24(32)26-15-16-7-3-5-9-20(16)25/h3,5,7,9,17-18H,4,6,8,10-15H2,1-2H3,(H2,26,28,32)(H,27,29,30)/t17-,18+. The van der Waals surface area contributed by atoms with Gasteiger partial charge >= 0.3 is 0 Å². The quantitative estimate of drug-likeness (QED) is 0.536. The van der Waals surface area contributed by atoms with Gasteiger partial charge in [0.05, 0.1) is 5.69 Å². The number of rotatable bonds is 6. The number of halogens is 1. The molecule has 1 saturated carbocycles. The molecule has 0 spiro atoms. The summed E-state index contributed by atoms with van der Waals surface area (Å²) in [6.45, 7) is 0.631. The van der Waals surface area contributed by atoms with E-state index < -0.39 is 0 Å². The molecule has 0 bridgehead atoms. The molecule has 1 heterocycles. The van der Waals surface area contributed by atoms with Gasteiger partial charge in [-0.05, 0) is 75.2 Å². The number of anilines is 2. The Morgan fingerprint density at radius 1 is 1.06 bits per heavy atom. The summed E-state index contributed by atoms with van der Waals surface area (Å²) >= 11 is 11.7. The van der Waals surface area contributed by atoms with Crippen LogP contribution in [0, 0.1) is 0 Å². The Hall–Kier alpha value is -2.12. The van der Waals surface area contributed by atoms with Crippen LogP contribution in [-0.2, 0) is 19.4 Å². The number of hydrogen-bond donors (Lipinski definition) is 3. The smallest absolute Gasteiger partial charge is 0.225 e. The monoisotopic (exact) mass is 472 g/mol. The average molecular weight is 473 g/mol. The number of aryl methyl sites for hydroxylation is 1. The Morgan fingerprint density at radius 2 is 1.78 bits per heavy atom. The fourth-order valence-corrected chi connectivity index (χ4v) is 5.07. The number of nitrogens with zero attached hydrogens (tertiary/aromatic N) is 3. The van der Waals surface area contributed by atoms with Crippen LogP contribution in [0.5, 0.6) is 0 Å². The molecular formula is C24H33ClN6S. The SMILES string of the molecule is CN(C)c1nc(N[C@H]2CC[C@@H](NC(=S)NCc3ccccc3Cl)CC2)nc2c1CCCC2. The Morgan fingerprint density at radius 3 is 2.53 bits per heavy atom. The lowest BCUT2D eigenvalue weighted by Crippen LogP contribution is -2.44. The highest BCUT2D eigenvalue weighted by molar-refractivity contribution is 7.80. The minimum Gasteiger partial charge on any atom is -0.362 e. The van der Waals surface area contributed by atoms with Crippen molar-refractivity contribution in [3.63, 3.8) is 0 Å². The van der Waals surface area contributed by atoms with Crippen molar-refractivity contribution < 1.29 is 0 Å². The topological polar surface area (TPSA) is 65.1 Å². The van der Waals surface area contributed by atoms with Crippen molar-refractivity contribution in [2.45, 2.75) is 70.0 Å². The first-order valence-electron chi connectivity index (χ1n) is 11.6. The highest BCUT2D eigenvalue weighted by atomic mass is 35.5. The predicted molar refractivity (Wildman–Crippen MR) is 137 cm³/mol. The van der Waals surface area contributed by atoms with E-state index in [4.69, 9.17) is 33.8 Å². The van der Waals surface area contributed by atoms with Gasteiger partial charge in [-0.2, -0.15) is 4.98 Å². The van der Waals surface area contributed by atoms with Crippen LogP contribution >= 0.6 is 23.8 Å². The molecule has 1 aromatic carbocycles. The Balaban J connectivity index is 1.26. The minimum atomic E-state index is 0.390. The van der Waals surface area contributed by atoms with Gasteiger partial charge in [-0.25, -0.2) is 4.98 Å². The first-order valence-corrected chi connectivity index (χ1v) is 12.4. The maximum absolute atomic E-state index is 6.22. The van der Waals surface area contributed by atoms with E-state index in [0.29, 0.717) is 23.7 Å². The second-order valence-electron chi connectivity index (χ2n) is 9.01. The Kier molecular flexibility index (Phi) is 7.68. The molecule has 0 atom stereocenters. The van der Waals surface area contributed by atoms with E-state index >= 15 is 0 Å². The maximum Gasteiger partial charge on any atom is 0.225 e. The lowest BCUT2D eigenvalue weighted by atomic mass is 9.91. The molecule has 2 aromatic rings. The fourth-order valence-electron chi connectivity index (χ4n) is 4.63. The largest absolute Gasteiger partial charge is 0.362 e. The Labute approximate surface area is 201 Å². The Bertz CT molecular complexity index is 942. The minimum absolute atomic E-state index is 0.390. The van der Waals surface area contributed by atoms with E-state index in [1.54, 1.807) is 0 Å². The highest BCUT2D eigenvalue weighted by Gasteiger charge is 2.24. The van der Waals surface area contributed by atoms with Crippen LogP contribution in [0.15, 0.2) is 24.3 Å². The maximum atomic E-state index is 6.22. The van der Waals surface area contributed by atoms with Crippen molar-refractivity contribution in [3.8, 4) is 0 Å². The molecule has 3 N–H and O–H groups in total. The van der Waals surface area contributed by atoms with Gasteiger partial charge in [-0.15, -0.1) is 0 Å². The van der Waals surface area contributed by atoms with Gasteiger partial charge in [0.2, 0.25) is 5.95 Å². The second kappa shape index (κ2) is 10.7. The lowest BCUT2D eigenvalue weighted by molar-refractivity contribution is 0.385. The molecule has 32 heavy (non-hydrogen) atoms. The van der Waals surface area contributed by atoms with Crippen LogP contribution in [0.4, 0.5) is 11.8 Å². The van der Waals surface area contributed by atoms with Crippen LogP contribution < -0.4 is 20.9 Å². The molecule has 8 heteroatoms. The van der Waals surface area contributed by atoms with E-state index in [-0.39, 0.29) is 0 Å². The van der Waals surface area contributed by atoms with Crippen molar-refractivity contribution in [1.29, 1.82) is 0 Å². The van der Waals surface area contributed by atoms with Gasteiger partial charge in [0.15, 0.2) is 5.11 Å². The zero-order valence-corrected chi connectivity index (χ0v) is 20.5. The van der Waals surface area contributed by atoms with E-state index in [1.165, 1.54) is 24.1 Å². The van der Waals surface area contributed by atoms with Crippen LogP contribution in [-0.4, -0.2) is 41.3 Å². The second-order valence-corrected chi connectivity index (χ2v) is 9.82. The van der Waals surface area contributed by atoms with Crippen molar-refractivity contribution in [3.05, 3.63) is 46.1 Å². The van der Waals surface area contributed by atoms with Gasteiger partial charge in [0.25, 0.3) is 0 Å². The third-order valence-corrected chi connectivity index (χ3v) is 7.01. The number of aromatic nitrogens is 2. The number of fused-ring (bicyclic) bond motifs is 1. The van der Waals surface area contributed by atoms with Crippen molar-refractivity contribution >= 4 is 40.7 Å². The summed E-state index contributed by atoms with van der Waals surface area (Å²) in [6, 6.07) is 8.62. The van der Waals surface area contributed by atoms with Gasteiger partial charge in [0.1, 0.15) is 5.82 Å². The highest BCUT2D eigenvalue weighted by Crippen LogP contribution is 2.29. The molecule has 2 aliphatic carbocycles. The van der Waals surface area contributed by atoms with Crippen molar-refractivity contribution in [2.24, 2.45) is 0 Å². The summed E-state index contributed by atoms with van der Waals surface area (Å²) in [5.74, 6) is 1.85. The third-order valence-electron chi connectivity index (χ3n) is 6.38. The summed E-state index contributed by atoms with van der Waals surface area (Å²) in [5.41, 5.74) is 3.61. The van der Waals surface area contributed by atoms with Crippen LogP contribution in [0.2, 0.25) is 5.02 Å². The molecule has 172 valence electrons. The molecular weight excluding hydrogens is 440 g/mol. The van der Waals surface area contributed by atoms with E-state index in [2.05, 4.69) is 34.9 Å². The van der Waals surface area contributed by atoms with Crippen molar-refractivity contribution in [1.82, 2.24) is 20.6 Å². The molecule has 0 saturated heterocycles. The van der Waals surface area contributed by atoms with E-state index in [1.807, 2.05) is 24.3 Å². The van der Waals surface area contributed by atoms with E-state index in [9.17, 15) is 0 Å². The fraction of sp³-hybridized carbons (Fsp3) is 0.542. The van der Waals surface area contributed by atoms with Crippen LogP contribution in [0.3, 0.4) is 0 Å². The molecule has 2 aliphatic rings. The molecule has 0 radical (unpaired) electrons. The lowest BCUT2D eigenvalue weighted by Gasteiger charge is -2.31. The summed E-state index contributed by atoms with van der Waals surface area (Å²) in [5, 5.41) is 11.8. The molecule has 6 nitrogen and oxygen atoms in total. The third kappa shape index (κ3) is 5.81. The molecule has 0 unspecified atom stereocenters. The molecule has 1 aromatic heterocycles. The first kappa shape index (κ1) is 23.1. The number of benzene rings is 1. The van der Waals surface area contributed by atoms with Crippen LogP contribution in [0.25, 0.3) is 0 Å². The van der Waals surface area contributed by atoms with Crippen LogP contribution in [0.1, 0.15) is 55.3 Å². The van der Waals surface area contributed by atoms with Crippen molar-refractivity contribution in [2.75, 3.05) is 24.3 Å². The normalized spacial score (nSPS) is 20.2. The summed E-state index contributed by atoms with van der Waals surface area (Å²) in [6.07, 6.45) is 8.87. The van der Waals surface area contributed by atoms with Gasteiger partial charge in [-0.1, -0.05) is 29.8 Å². The predicted octanol–water partition coefficient (Wildman–Crippen LogP) is 4.46.